The van der Waals surface area contributed by atoms with Gasteiger partial charge in [0.2, 0.25) is 17.7 Å². The molecule has 0 unspecified atom stereocenters. The zero-order chi connectivity index (χ0) is 17.0. The van der Waals surface area contributed by atoms with Crippen molar-refractivity contribution in [2.75, 3.05) is 6.54 Å². The summed E-state index contributed by atoms with van der Waals surface area (Å²) in [5.74, 6) is 0.559. The molecule has 8 nitrogen and oxygen atoms in total. The second kappa shape index (κ2) is 6.97. The van der Waals surface area contributed by atoms with E-state index in [9.17, 15) is 9.59 Å². The Kier molecular flexibility index (Phi) is 5.23. The SMILES string of the molecule is Cc1nnc(CNC(=O)[C@@H]2CCCCN2C(=O)OC(C)(C)C)o1. The van der Waals surface area contributed by atoms with Gasteiger partial charge in [0.1, 0.15) is 11.6 Å². The first-order chi connectivity index (χ1) is 10.8. The van der Waals surface area contributed by atoms with Crippen molar-refractivity contribution in [2.45, 2.75) is 65.1 Å². The molecule has 0 radical (unpaired) electrons. The summed E-state index contributed by atoms with van der Waals surface area (Å²) in [6.45, 7) is 7.78. The first-order valence-electron chi connectivity index (χ1n) is 7.82. The van der Waals surface area contributed by atoms with Crippen LogP contribution >= 0.6 is 0 Å². The van der Waals surface area contributed by atoms with E-state index in [-0.39, 0.29) is 12.5 Å². The smallest absolute Gasteiger partial charge is 0.410 e. The highest BCUT2D eigenvalue weighted by molar-refractivity contribution is 5.85. The maximum atomic E-state index is 12.4. The van der Waals surface area contributed by atoms with Crippen LogP contribution in [0.3, 0.4) is 0 Å². The molecule has 128 valence electrons. The lowest BCUT2D eigenvalue weighted by Crippen LogP contribution is -2.53. The highest BCUT2D eigenvalue weighted by atomic mass is 16.6. The fraction of sp³-hybridized carbons (Fsp3) is 0.733. The van der Waals surface area contributed by atoms with E-state index >= 15 is 0 Å². The van der Waals surface area contributed by atoms with Crippen LogP contribution in [0.1, 0.15) is 51.8 Å². The van der Waals surface area contributed by atoms with Crippen LogP contribution < -0.4 is 5.32 Å². The van der Waals surface area contributed by atoms with Crippen molar-refractivity contribution in [3.05, 3.63) is 11.8 Å². The summed E-state index contributed by atoms with van der Waals surface area (Å²) >= 11 is 0. The normalized spacial score (nSPS) is 18.6. The summed E-state index contributed by atoms with van der Waals surface area (Å²) in [6, 6.07) is -0.525. The van der Waals surface area contributed by atoms with Gasteiger partial charge >= 0.3 is 6.09 Å². The van der Waals surface area contributed by atoms with Crippen LogP contribution in [0.5, 0.6) is 0 Å². The van der Waals surface area contributed by atoms with E-state index in [2.05, 4.69) is 15.5 Å². The lowest BCUT2D eigenvalue weighted by atomic mass is 10.0. The number of nitrogens with zero attached hydrogens (tertiary/aromatic N) is 3. The molecule has 0 bridgehead atoms. The molecule has 23 heavy (non-hydrogen) atoms. The van der Waals surface area contributed by atoms with E-state index in [4.69, 9.17) is 9.15 Å². The minimum absolute atomic E-state index is 0.151. The third-order valence-electron chi connectivity index (χ3n) is 3.42. The highest BCUT2D eigenvalue weighted by Gasteiger charge is 2.34. The quantitative estimate of drug-likeness (QED) is 0.910. The first-order valence-corrected chi connectivity index (χ1v) is 7.82. The number of ether oxygens (including phenoxy) is 1. The van der Waals surface area contributed by atoms with Gasteiger partial charge in [0.25, 0.3) is 0 Å². The van der Waals surface area contributed by atoms with Crippen LogP contribution in [0.15, 0.2) is 4.42 Å². The summed E-state index contributed by atoms with van der Waals surface area (Å²) in [7, 11) is 0. The van der Waals surface area contributed by atoms with E-state index in [1.165, 1.54) is 4.90 Å². The van der Waals surface area contributed by atoms with Crippen LogP contribution in [-0.2, 0) is 16.1 Å². The maximum Gasteiger partial charge on any atom is 0.410 e. The number of aryl methyl sites for hydroxylation is 1. The van der Waals surface area contributed by atoms with Crippen LogP contribution in [-0.4, -0.2) is 45.3 Å². The Bertz CT molecular complexity index is 564. The second-order valence-corrected chi connectivity index (χ2v) is 6.62. The Labute approximate surface area is 135 Å². The lowest BCUT2D eigenvalue weighted by molar-refractivity contribution is -0.127. The molecule has 0 saturated carbocycles. The van der Waals surface area contributed by atoms with E-state index < -0.39 is 17.7 Å². The van der Waals surface area contributed by atoms with Gasteiger partial charge in [-0.2, -0.15) is 0 Å². The third kappa shape index (κ3) is 4.94. The molecule has 2 amide bonds. The molecule has 0 aromatic carbocycles. The van der Waals surface area contributed by atoms with Crippen LogP contribution in [0.4, 0.5) is 4.79 Å². The van der Waals surface area contributed by atoms with E-state index in [0.717, 1.165) is 12.8 Å². The minimum Gasteiger partial charge on any atom is -0.444 e. The van der Waals surface area contributed by atoms with Gasteiger partial charge in [0, 0.05) is 13.5 Å². The van der Waals surface area contributed by atoms with Crippen LogP contribution in [0, 0.1) is 6.92 Å². The maximum absolute atomic E-state index is 12.4. The molecule has 1 atom stereocenters. The fourth-order valence-electron chi connectivity index (χ4n) is 2.43. The molecule has 1 aliphatic heterocycles. The molecule has 1 aliphatic rings. The second-order valence-electron chi connectivity index (χ2n) is 6.62. The standard InChI is InChI=1S/C15H24N4O4/c1-10-17-18-12(22-10)9-16-13(20)11-7-5-6-8-19(11)14(21)23-15(2,3)4/h11H,5-9H2,1-4H3,(H,16,20)/t11-/m0/s1. The first kappa shape index (κ1) is 17.2. The van der Waals surface area contributed by atoms with Gasteiger partial charge in [0.05, 0.1) is 6.54 Å². The number of hydrogen-bond donors (Lipinski definition) is 1. The predicted octanol–water partition coefficient (Wildman–Crippen LogP) is 1.78. The lowest BCUT2D eigenvalue weighted by Gasteiger charge is -2.35. The van der Waals surface area contributed by atoms with Gasteiger partial charge in [-0.15, -0.1) is 10.2 Å². The minimum atomic E-state index is -0.586. The number of piperidine rings is 1. The molecule has 1 aromatic heterocycles. The molecule has 1 fully saturated rings. The molecule has 8 heteroatoms. The molecule has 0 spiro atoms. The van der Waals surface area contributed by atoms with Gasteiger partial charge in [-0.1, -0.05) is 0 Å². The monoisotopic (exact) mass is 324 g/mol. The summed E-state index contributed by atoms with van der Waals surface area (Å²) in [4.78, 5) is 26.2. The number of carbonyl (C=O) groups is 2. The number of hydrogen-bond acceptors (Lipinski definition) is 6. The molecular weight excluding hydrogens is 300 g/mol. The van der Waals surface area contributed by atoms with Gasteiger partial charge in [-0.05, 0) is 40.0 Å². The summed E-state index contributed by atoms with van der Waals surface area (Å²) in [5, 5.41) is 10.3. The Morgan fingerprint density at radius 2 is 2.09 bits per heavy atom. The van der Waals surface area contributed by atoms with Crippen molar-refractivity contribution < 1.29 is 18.7 Å². The Hall–Kier alpha value is -2.12. The van der Waals surface area contributed by atoms with Crippen molar-refractivity contribution in [2.24, 2.45) is 0 Å². The van der Waals surface area contributed by atoms with E-state index in [0.29, 0.717) is 24.7 Å². The Balaban J connectivity index is 1.96. The van der Waals surface area contributed by atoms with Crippen LogP contribution in [0.25, 0.3) is 0 Å². The topological polar surface area (TPSA) is 97.6 Å². The highest BCUT2D eigenvalue weighted by Crippen LogP contribution is 2.20. The average molecular weight is 324 g/mol. The van der Waals surface area contributed by atoms with Gasteiger partial charge in [0.15, 0.2) is 0 Å². The third-order valence-corrected chi connectivity index (χ3v) is 3.42. The van der Waals surface area contributed by atoms with Gasteiger partial charge in [-0.25, -0.2) is 4.79 Å². The predicted molar refractivity (Wildman–Crippen MR) is 81.5 cm³/mol. The molecule has 1 aromatic rings. The van der Waals surface area contributed by atoms with Crippen molar-refractivity contribution >= 4 is 12.0 Å². The summed E-state index contributed by atoms with van der Waals surface area (Å²) in [5.41, 5.74) is -0.586. The molecule has 1 saturated heterocycles. The number of nitrogens with one attached hydrogen (secondary N) is 1. The molecule has 2 rings (SSSR count). The van der Waals surface area contributed by atoms with Gasteiger partial charge in [-0.3, -0.25) is 9.69 Å². The van der Waals surface area contributed by atoms with Gasteiger partial charge < -0.3 is 14.5 Å². The number of aromatic nitrogens is 2. The zero-order valence-corrected chi connectivity index (χ0v) is 14.1. The van der Waals surface area contributed by atoms with Crippen molar-refractivity contribution in [1.82, 2.24) is 20.4 Å². The van der Waals surface area contributed by atoms with Crippen molar-refractivity contribution in [3.8, 4) is 0 Å². The largest absolute Gasteiger partial charge is 0.444 e. The van der Waals surface area contributed by atoms with Crippen molar-refractivity contribution in [1.29, 1.82) is 0 Å². The number of likely N-dealkylation sites (tertiary alicyclic amines) is 1. The average Bonchev–Trinajstić information content (AvgIpc) is 2.88. The summed E-state index contributed by atoms with van der Waals surface area (Å²) < 4.78 is 10.6. The molecule has 0 aliphatic carbocycles. The Morgan fingerprint density at radius 1 is 1.35 bits per heavy atom. The van der Waals surface area contributed by atoms with Crippen LogP contribution in [0.2, 0.25) is 0 Å². The summed E-state index contributed by atoms with van der Waals surface area (Å²) in [6.07, 6.45) is 1.93. The molecule has 2 heterocycles. The number of carbonyl (C=O) groups excluding carboxylic acids is 2. The number of rotatable bonds is 3. The molecule has 1 N–H and O–H groups in total. The van der Waals surface area contributed by atoms with Crippen molar-refractivity contribution in [3.63, 3.8) is 0 Å². The zero-order valence-electron chi connectivity index (χ0n) is 14.1. The molecular formula is C15H24N4O4. The number of amides is 2. The fourth-order valence-corrected chi connectivity index (χ4v) is 2.43. The van der Waals surface area contributed by atoms with E-state index in [1.54, 1.807) is 6.92 Å². The Morgan fingerprint density at radius 3 is 2.70 bits per heavy atom. The van der Waals surface area contributed by atoms with E-state index in [1.807, 2.05) is 20.8 Å².